The van der Waals surface area contributed by atoms with Gasteiger partial charge in [0.1, 0.15) is 5.75 Å². The second kappa shape index (κ2) is 7.00. The maximum atomic E-state index is 12.2. The molecule has 2 heterocycles. The molecule has 2 aromatic rings. The van der Waals surface area contributed by atoms with Crippen LogP contribution in [0.2, 0.25) is 0 Å². The van der Waals surface area contributed by atoms with Crippen LogP contribution in [0.1, 0.15) is 26.7 Å². The van der Waals surface area contributed by atoms with Crippen LogP contribution in [0.25, 0.3) is 5.69 Å². The SMILES string of the molecule is CC(C)Oc1cccc(-n2ccs/c2=N\C(=O)N2CCCC2)c1. The lowest BCUT2D eigenvalue weighted by molar-refractivity contribution is 0.218. The minimum absolute atomic E-state index is 0.124. The molecule has 0 atom stereocenters. The van der Waals surface area contributed by atoms with E-state index in [2.05, 4.69) is 4.99 Å². The quantitative estimate of drug-likeness (QED) is 0.865. The van der Waals surface area contributed by atoms with Gasteiger partial charge in [0.15, 0.2) is 4.80 Å². The van der Waals surface area contributed by atoms with E-state index in [4.69, 9.17) is 4.74 Å². The number of carbonyl (C=O) groups excluding carboxylic acids is 1. The third kappa shape index (κ3) is 3.82. The van der Waals surface area contributed by atoms with Crippen molar-refractivity contribution < 1.29 is 9.53 Å². The first kappa shape index (κ1) is 15.8. The third-order valence-corrected chi connectivity index (χ3v) is 4.38. The summed E-state index contributed by atoms with van der Waals surface area (Å²) in [5, 5.41) is 1.94. The molecule has 1 aromatic heterocycles. The Morgan fingerprint density at radius 3 is 2.83 bits per heavy atom. The van der Waals surface area contributed by atoms with Crippen LogP contribution in [0.15, 0.2) is 40.8 Å². The normalized spacial score (nSPS) is 15.4. The maximum absolute atomic E-state index is 12.2. The molecule has 23 heavy (non-hydrogen) atoms. The van der Waals surface area contributed by atoms with Crippen LogP contribution < -0.4 is 9.54 Å². The van der Waals surface area contributed by atoms with Gasteiger partial charge in [0.25, 0.3) is 0 Å². The molecular formula is C17H21N3O2S. The zero-order valence-corrected chi connectivity index (χ0v) is 14.3. The van der Waals surface area contributed by atoms with Crippen LogP contribution in [-0.4, -0.2) is 34.7 Å². The van der Waals surface area contributed by atoms with Crippen LogP contribution in [0.5, 0.6) is 5.75 Å². The van der Waals surface area contributed by atoms with E-state index in [9.17, 15) is 4.79 Å². The number of hydrogen-bond acceptors (Lipinski definition) is 3. The molecule has 0 unspecified atom stereocenters. The van der Waals surface area contributed by atoms with Gasteiger partial charge in [-0.15, -0.1) is 11.3 Å². The molecule has 1 saturated heterocycles. The second-order valence-electron chi connectivity index (χ2n) is 5.81. The molecular weight excluding hydrogens is 310 g/mol. The number of urea groups is 1. The van der Waals surface area contributed by atoms with Gasteiger partial charge < -0.3 is 9.64 Å². The highest BCUT2D eigenvalue weighted by Crippen LogP contribution is 2.17. The Kier molecular flexibility index (Phi) is 4.81. The fourth-order valence-electron chi connectivity index (χ4n) is 2.59. The van der Waals surface area contributed by atoms with E-state index in [0.717, 1.165) is 37.4 Å². The topological polar surface area (TPSA) is 46.8 Å². The van der Waals surface area contributed by atoms with E-state index >= 15 is 0 Å². The molecule has 1 aromatic carbocycles. The van der Waals surface area contributed by atoms with Gasteiger partial charge in [-0.3, -0.25) is 4.57 Å². The Bertz CT molecular complexity index is 742. The number of hydrogen-bond donors (Lipinski definition) is 0. The molecule has 0 aliphatic carbocycles. The summed E-state index contributed by atoms with van der Waals surface area (Å²) in [6.07, 6.45) is 4.19. The molecule has 5 nitrogen and oxygen atoms in total. The first-order valence-electron chi connectivity index (χ1n) is 7.90. The van der Waals surface area contributed by atoms with Gasteiger partial charge in [-0.2, -0.15) is 4.99 Å². The van der Waals surface area contributed by atoms with Crippen LogP contribution in [-0.2, 0) is 0 Å². The fourth-order valence-corrected chi connectivity index (χ4v) is 3.30. The van der Waals surface area contributed by atoms with Gasteiger partial charge in [0.2, 0.25) is 0 Å². The molecule has 1 fully saturated rings. The van der Waals surface area contributed by atoms with Crippen molar-refractivity contribution in [2.24, 2.45) is 4.99 Å². The van der Waals surface area contributed by atoms with Crippen LogP contribution in [0.3, 0.4) is 0 Å². The van der Waals surface area contributed by atoms with Gasteiger partial charge in [-0.1, -0.05) is 6.07 Å². The summed E-state index contributed by atoms with van der Waals surface area (Å²) >= 11 is 1.46. The number of likely N-dealkylation sites (tertiary alicyclic amines) is 1. The predicted molar refractivity (Wildman–Crippen MR) is 91.2 cm³/mol. The highest BCUT2D eigenvalue weighted by molar-refractivity contribution is 7.07. The van der Waals surface area contributed by atoms with Gasteiger partial charge in [0, 0.05) is 30.7 Å². The molecule has 0 radical (unpaired) electrons. The summed E-state index contributed by atoms with van der Waals surface area (Å²) in [4.78, 5) is 19.0. The van der Waals surface area contributed by atoms with Crippen LogP contribution in [0.4, 0.5) is 4.79 Å². The molecule has 3 rings (SSSR count). The minimum Gasteiger partial charge on any atom is -0.491 e. The van der Waals surface area contributed by atoms with E-state index in [1.54, 1.807) is 0 Å². The lowest BCUT2D eigenvalue weighted by atomic mass is 10.3. The number of aromatic nitrogens is 1. The highest BCUT2D eigenvalue weighted by atomic mass is 32.1. The Morgan fingerprint density at radius 2 is 2.09 bits per heavy atom. The summed E-state index contributed by atoms with van der Waals surface area (Å²) < 4.78 is 7.66. The second-order valence-corrected chi connectivity index (χ2v) is 6.68. The molecule has 1 aliphatic rings. The van der Waals surface area contributed by atoms with Crippen molar-refractivity contribution in [2.75, 3.05) is 13.1 Å². The van der Waals surface area contributed by atoms with Crippen molar-refractivity contribution in [1.29, 1.82) is 0 Å². The number of ether oxygens (including phenoxy) is 1. The average Bonchev–Trinajstić information content (AvgIpc) is 3.18. The van der Waals surface area contributed by atoms with E-state index in [0.29, 0.717) is 4.80 Å². The van der Waals surface area contributed by atoms with Crippen molar-refractivity contribution in [3.8, 4) is 11.4 Å². The van der Waals surface area contributed by atoms with Crippen molar-refractivity contribution in [1.82, 2.24) is 9.47 Å². The molecule has 0 saturated carbocycles. The van der Waals surface area contributed by atoms with Crippen molar-refractivity contribution in [2.45, 2.75) is 32.8 Å². The average molecular weight is 331 g/mol. The number of nitrogens with zero attached hydrogens (tertiary/aromatic N) is 3. The molecule has 122 valence electrons. The fraction of sp³-hybridized carbons (Fsp3) is 0.412. The number of benzene rings is 1. The first-order valence-corrected chi connectivity index (χ1v) is 8.78. The molecule has 2 amide bonds. The zero-order chi connectivity index (χ0) is 16.2. The Hall–Kier alpha value is -2.08. The van der Waals surface area contributed by atoms with E-state index in [1.165, 1.54) is 11.3 Å². The largest absolute Gasteiger partial charge is 0.491 e. The van der Waals surface area contributed by atoms with Gasteiger partial charge in [0.05, 0.1) is 11.8 Å². The Balaban J connectivity index is 1.90. The van der Waals surface area contributed by atoms with Gasteiger partial charge >= 0.3 is 6.03 Å². The standard InChI is InChI=1S/C17H21N3O2S/c1-13(2)22-15-7-5-6-14(12-15)20-10-11-23-17(20)18-16(21)19-8-3-4-9-19/h5-7,10-13H,3-4,8-9H2,1-2H3/b18-17-. The summed E-state index contributed by atoms with van der Waals surface area (Å²) in [6, 6.07) is 7.69. The molecule has 0 spiro atoms. The number of rotatable bonds is 3. The molecule has 0 bridgehead atoms. The van der Waals surface area contributed by atoms with E-state index in [-0.39, 0.29) is 12.1 Å². The number of amides is 2. The minimum atomic E-state index is -0.145. The lowest BCUT2D eigenvalue weighted by Crippen LogP contribution is -2.27. The first-order chi connectivity index (χ1) is 11.1. The summed E-state index contributed by atoms with van der Waals surface area (Å²) in [6.45, 7) is 5.62. The monoisotopic (exact) mass is 331 g/mol. The molecule has 0 N–H and O–H groups in total. The number of thiazole rings is 1. The van der Waals surface area contributed by atoms with E-state index < -0.39 is 0 Å². The highest BCUT2D eigenvalue weighted by Gasteiger charge is 2.17. The Labute approximate surface area is 139 Å². The lowest BCUT2D eigenvalue weighted by Gasteiger charge is -2.12. The van der Waals surface area contributed by atoms with E-state index in [1.807, 2.05) is 59.2 Å². The summed E-state index contributed by atoms with van der Waals surface area (Å²) in [7, 11) is 0. The summed E-state index contributed by atoms with van der Waals surface area (Å²) in [5.74, 6) is 0.813. The zero-order valence-electron chi connectivity index (χ0n) is 13.4. The van der Waals surface area contributed by atoms with Crippen molar-refractivity contribution >= 4 is 17.4 Å². The van der Waals surface area contributed by atoms with Gasteiger partial charge in [-0.25, -0.2) is 4.79 Å². The van der Waals surface area contributed by atoms with Crippen LogP contribution >= 0.6 is 11.3 Å². The van der Waals surface area contributed by atoms with Crippen LogP contribution in [0, 0.1) is 0 Å². The van der Waals surface area contributed by atoms with Gasteiger partial charge in [-0.05, 0) is 38.8 Å². The number of carbonyl (C=O) groups is 1. The Morgan fingerprint density at radius 1 is 1.30 bits per heavy atom. The predicted octanol–water partition coefficient (Wildman–Crippen LogP) is 3.44. The van der Waals surface area contributed by atoms with Crippen molar-refractivity contribution in [3.63, 3.8) is 0 Å². The van der Waals surface area contributed by atoms with Crippen molar-refractivity contribution in [3.05, 3.63) is 40.6 Å². The third-order valence-electron chi connectivity index (χ3n) is 3.62. The molecule has 6 heteroatoms. The maximum Gasteiger partial charge on any atom is 0.346 e. The smallest absolute Gasteiger partial charge is 0.346 e. The summed E-state index contributed by atoms with van der Waals surface area (Å²) in [5.41, 5.74) is 0.942. The molecule has 1 aliphatic heterocycles.